The summed E-state index contributed by atoms with van der Waals surface area (Å²) >= 11 is 6.09. The number of fused-ring (bicyclic) bond motifs is 9. The van der Waals surface area contributed by atoms with Crippen molar-refractivity contribution in [3.8, 4) is 0 Å². The number of benzene rings is 1. The van der Waals surface area contributed by atoms with E-state index in [0.29, 0.717) is 11.4 Å². The van der Waals surface area contributed by atoms with E-state index in [1.807, 2.05) is 0 Å². The Labute approximate surface area is 310 Å². The zero-order valence-electron chi connectivity index (χ0n) is 30.1. The molecule has 0 unspecified atom stereocenters. The number of carbonyl (C=O) groups excluding carboxylic acids is 4. The highest BCUT2D eigenvalue weighted by atomic mass is 35.5. The van der Waals surface area contributed by atoms with E-state index in [2.05, 4.69) is 5.32 Å². The number of halogens is 1. The quantitative estimate of drug-likeness (QED) is 0.181. The minimum Gasteiger partial charge on any atom is -0.459 e. The monoisotopic (exact) mass is 759 g/mol. The number of epoxide rings is 2. The Morgan fingerprint density at radius 1 is 0.943 bits per heavy atom. The maximum atomic E-state index is 14.6. The summed E-state index contributed by atoms with van der Waals surface area (Å²) in [7, 11) is 0. The fraction of sp³-hybridized carbons (Fsp3) is 0.737. The molecule has 3 aliphatic heterocycles. The van der Waals surface area contributed by atoms with Crippen molar-refractivity contribution >= 4 is 35.2 Å². The first-order valence-electron chi connectivity index (χ1n) is 18.5. The molecule has 0 bridgehead atoms. The molecular formula is C38H46ClNO13. The summed E-state index contributed by atoms with van der Waals surface area (Å²) in [6, 6.07) is 5.10. The molecule has 0 aromatic heterocycles. The van der Waals surface area contributed by atoms with Crippen LogP contribution in [0.4, 0.5) is 0 Å². The molecule has 288 valence electrons. The molecule has 1 amide bonds. The van der Waals surface area contributed by atoms with Gasteiger partial charge >= 0.3 is 11.9 Å². The summed E-state index contributed by atoms with van der Waals surface area (Å²) in [6.45, 7) is 8.87. The van der Waals surface area contributed by atoms with Crippen molar-refractivity contribution in [2.24, 2.45) is 57.7 Å². The Hall–Kier alpha value is -2.69. The molecule has 1 aromatic rings. The van der Waals surface area contributed by atoms with Gasteiger partial charge in [-0.05, 0) is 69.2 Å². The normalized spacial score (nSPS) is 56.5. The molecule has 1 spiro atoms. The van der Waals surface area contributed by atoms with Crippen LogP contribution in [-0.2, 0) is 33.3 Å². The summed E-state index contributed by atoms with van der Waals surface area (Å²) in [5.74, 6) is -11.4. The minimum atomic E-state index is -2.20. The van der Waals surface area contributed by atoms with Crippen LogP contribution < -0.4 is 5.32 Å². The van der Waals surface area contributed by atoms with Gasteiger partial charge in [-0.2, -0.15) is 0 Å². The van der Waals surface area contributed by atoms with E-state index < -0.39 is 141 Å². The van der Waals surface area contributed by atoms with Gasteiger partial charge in [0, 0.05) is 46.6 Å². The number of nitrogens with one attached hydrogen (secondary N) is 1. The molecule has 15 heteroatoms. The molecule has 14 nitrogen and oxygen atoms in total. The molecule has 5 saturated carbocycles. The van der Waals surface area contributed by atoms with Crippen LogP contribution in [-0.4, -0.2) is 115 Å². The highest BCUT2D eigenvalue weighted by molar-refractivity contribution is 6.30. The molecule has 9 rings (SSSR count). The van der Waals surface area contributed by atoms with Gasteiger partial charge in [0.2, 0.25) is 5.79 Å². The highest BCUT2D eigenvalue weighted by Crippen LogP contribution is 2.80. The van der Waals surface area contributed by atoms with E-state index in [0.717, 1.165) is 0 Å². The van der Waals surface area contributed by atoms with Gasteiger partial charge in [-0.3, -0.25) is 14.4 Å². The van der Waals surface area contributed by atoms with E-state index in [1.165, 1.54) is 32.9 Å². The zero-order valence-corrected chi connectivity index (χ0v) is 30.9. The number of rotatable bonds is 4. The Morgan fingerprint density at radius 3 is 2.23 bits per heavy atom. The molecule has 0 radical (unpaired) electrons. The molecule has 1 aromatic carbocycles. The van der Waals surface area contributed by atoms with Crippen LogP contribution in [0.1, 0.15) is 58.3 Å². The largest absolute Gasteiger partial charge is 0.459 e. The lowest BCUT2D eigenvalue weighted by molar-refractivity contribution is -0.279. The topological polar surface area (TPSA) is 225 Å². The Morgan fingerprint density at radius 2 is 1.60 bits per heavy atom. The van der Waals surface area contributed by atoms with E-state index in [1.54, 1.807) is 32.9 Å². The van der Waals surface area contributed by atoms with Gasteiger partial charge in [0.25, 0.3) is 5.91 Å². The van der Waals surface area contributed by atoms with Gasteiger partial charge in [0.15, 0.2) is 5.60 Å². The van der Waals surface area contributed by atoms with Gasteiger partial charge in [0.05, 0.1) is 41.3 Å². The van der Waals surface area contributed by atoms with Gasteiger partial charge in [-0.1, -0.05) is 25.4 Å². The van der Waals surface area contributed by atoms with E-state index >= 15 is 0 Å². The molecule has 8 aliphatic rings. The Bertz CT molecular complexity index is 1820. The Balaban J connectivity index is 1.26. The predicted molar refractivity (Wildman–Crippen MR) is 179 cm³/mol. The summed E-state index contributed by atoms with van der Waals surface area (Å²) in [6.07, 6.45) is -9.04. The summed E-state index contributed by atoms with van der Waals surface area (Å²) in [5, 5.41) is 66.2. The number of carbonyl (C=O) groups is 4. The van der Waals surface area contributed by atoms with Gasteiger partial charge in [-0.25, -0.2) is 4.79 Å². The summed E-state index contributed by atoms with van der Waals surface area (Å²) in [4.78, 5) is 54.9. The molecule has 53 heavy (non-hydrogen) atoms. The second-order valence-electron chi connectivity index (χ2n) is 17.7. The summed E-state index contributed by atoms with van der Waals surface area (Å²) < 4.78 is 23.8. The van der Waals surface area contributed by atoms with Crippen LogP contribution in [0.3, 0.4) is 0 Å². The van der Waals surface area contributed by atoms with E-state index in [4.69, 9.17) is 30.5 Å². The smallest absolute Gasteiger partial charge is 0.341 e. The molecular weight excluding hydrogens is 714 g/mol. The molecule has 6 N–H and O–H groups in total. The van der Waals surface area contributed by atoms with Crippen LogP contribution in [0, 0.1) is 57.7 Å². The van der Waals surface area contributed by atoms with E-state index in [9.17, 15) is 44.7 Å². The molecule has 5 aliphatic carbocycles. The summed E-state index contributed by atoms with van der Waals surface area (Å²) in [5.41, 5.74) is -6.84. The maximum absolute atomic E-state index is 14.6. The van der Waals surface area contributed by atoms with Crippen LogP contribution in [0.15, 0.2) is 24.3 Å². The SMILES string of the molecule is CC(=O)O[C@H]1[C@H]2[C@@H]([C@@H](O)[C@H](NC(=O)c3ccc(Cl)cc3)[C@H]3C[C@@H]4O[C@@H]4[C@H](O)[C@]23C)[C@@H]2[C@@H](O)[C@@H]3[C@H]([C@H](C)[C@H]4O[C@]45OC(=O)[C@@](C)(O)[C@]35C)[C@@]2(C(C)=O)[C@H]1O. The van der Waals surface area contributed by atoms with Crippen molar-refractivity contribution in [1.82, 2.24) is 5.32 Å². The number of Topliss-reactive ketones (excluding diaryl/α,β-unsaturated/α-hetero) is 1. The average molecular weight is 760 g/mol. The number of aliphatic hydroxyl groups is 5. The van der Waals surface area contributed by atoms with Gasteiger partial charge in [-0.15, -0.1) is 0 Å². The van der Waals surface area contributed by atoms with Crippen LogP contribution in [0.5, 0.6) is 0 Å². The lowest BCUT2D eigenvalue weighted by atomic mass is 9.39. The van der Waals surface area contributed by atoms with E-state index in [-0.39, 0.29) is 11.7 Å². The van der Waals surface area contributed by atoms with Gasteiger partial charge in [0.1, 0.15) is 30.2 Å². The number of aliphatic hydroxyl groups excluding tert-OH is 4. The number of ketones is 1. The third-order valence-corrected chi connectivity index (χ3v) is 16.3. The number of hydrogen-bond acceptors (Lipinski definition) is 13. The fourth-order valence-corrected chi connectivity index (χ4v) is 13.8. The highest BCUT2D eigenvalue weighted by Gasteiger charge is 2.93. The molecule has 21 atom stereocenters. The van der Waals surface area contributed by atoms with Crippen molar-refractivity contribution in [1.29, 1.82) is 0 Å². The second kappa shape index (κ2) is 10.8. The average Bonchev–Trinajstić information content (AvgIpc) is 3.99. The molecule has 3 heterocycles. The van der Waals surface area contributed by atoms with Crippen LogP contribution >= 0.6 is 11.6 Å². The standard InChI is InChI=1S/C38H46ClNO13/c1-12-20-23(35(5)36(6,49)33(48)53-38(35)31(12)52-38)26(44)21-19-22(28(50-14(3)42)30(46)37(20,21)13(2)41)34(4)17(11-18-27(51-18)29(34)45)24(25(19)43)40-32(47)15-7-9-16(39)10-8-15/h7-10,12,17-31,43-46,49H,11H2,1-6H3,(H,40,47)/t12-,17+,18-,19-,20-,21+,22+,23-,24+,25+,26+,27-,28-,29-,30-,31+,34-,35-,36+,37+,38-/m0/s1. The number of esters is 2. The lowest BCUT2D eigenvalue weighted by Gasteiger charge is -2.67. The number of amides is 1. The predicted octanol–water partition coefficient (Wildman–Crippen LogP) is 0.363. The minimum absolute atomic E-state index is 0.253. The van der Waals surface area contributed by atoms with Crippen molar-refractivity contribution in [2.75, 3.05) is 0 Å². The van der Waals surface area contributed by atoms with Crippen molar-refractivity contribution in [3.63, 3.8) is 0 Å². The van der Waals surface area contributed by atoms with Crippen molar-refractivity contribution in [2.45, 2.75) is 114 Å². The first kappa shape index (κ1) is 36.0. The third kappa shape index (κ3) is 3.94. The first-order chi connectivity index (χ1) is 24.7. The van der Waals surface area contributed by atoms with Gasteiger partial charge < -0.3 is 49.8 Å². The molecule has 8 fully saturated rings. The van der Waals surface area contributed by atoms with Crippen molar-refractivity contribution < 1.29 is 63.7 Å². The number of ether oxygens (including phenoxy) is 4. The number of hydrogen-bond donors (Lipinski definition) is 6. The van der Waals surface area contributed by atoms with Crippen molar-refractivity contribution in [3.05, 3.63) is 34.9 Å². The Kier molecular flexibility index (Phi) is 7.32. The maximum Gasteiger partial charge on any atom is 0.341 e. The third-order valence-electron chi connectivity index (χ3n) is 16.0. The molecule has 3 saturated heterocycles. The lowest BCUT2D eigenvalue weighted by Crippen LogP contribution is -2.77. The zero-order chi connectivity index (χ0) is 38.3. The van der Waals surface area contributed by atoms with Crippen LogP contribution in [0.2, 0.25) is 5.02 Å². The second-order valence-corrected chi connectivity index (χ2v) is 18.1. The first-order valence-corrected chi connectivity index (χ1v) is 18.9. The van der Waals surface area contributed by atoms with Crippen LogP contribution in [0.25, 0.3) is 0 Å². The fourth-order valence-electron chi connectivity index (χ4n) is 13.7.